The molecule has 0 unspecified atom stereocenters. The second kappa shape index (κ2) is 10.9. The Balaban J connectivity index is 1.50. The molecule has 0 bridgehead atoms. The van der Waals surface area contributed by atoms with Crippen molar-refractivity contribution >= 4 is 29.2 Å². The van der Waals surface area contributed by atoms with Gasteiger partial charge in [0.15, 0.2) is 6.61 Å². The molecule has 3 aromatic rings. The molecule has 7 heteroatoms. The fraction of sp³-hybridized carbons (Fsp3) is 0.192. The fourth-order valence-corrected chi connectivity index (χ4v) is 3.10. The Kier molecular flexibility index (Phi) is 7.81. The Bertz CT molecular complexity index is 1140. The van der Waals surface area contributed by atoms with Gasteiger partial charge in [0.2, 0.25) is 0 Å². The van der Waals surface area contributed by atoms with Gasteiger partial charge >= 0.3 is 5.97 Å². The van der Waals surface area contributed by atoms with Gasteiger partial charge in [0.05, 0.1) is 12.2 Å². The van der Waals surface area contributed by atoms with Crippen molar-refractivity contribution in [3.05, 3.63) is 89.0 Å². The van der Waals surface area contributed by atoms with Crippen molar-refractivity contribution < 1.29 is 23.9 Å². The number of benzene rings is 3. The van der Waals surface area contributed by atoms with E-state index in [9.17, 15) is 14.4 Å². The average Bonchev–Trinajstić information content (AvgIpc) is 2.80. The van der Waals surface area contributed by atoms with E-state index < -0.39 is 5.97 Å². The van der Waals surface area contributed by atoms with Crippen molar-refractivity contribution in [2.75, 3.05) is 23.8 Å². The Labute approximate surface area is 192 Å². The first-order valence-electron chi connectivity index (χ1n) is 10.5. The Morgan fingerprint density at radius 2 is 1.48 bits per heavy atom. The molecule has 0 heterocycles. The minimum Gasteiger partial charge on any atom is -0.484 e. The number of esters is 1. The summed E-state index contributed by atoms with van der Waals surface area (Å²) in [6.45, 7) is 5.78. The van der Waals surface area contributed by atoms with Crippen molar-refractivity contribution in [3.63, 3.8) is 0 Å². The van der Waals surface area contributed by atoms with Gasteiger partial charge in [-0.3, -0.25) is 9.59 Å². The number of carbonyl (C=O) groups is 3. The molecule has 3 rings (SSSR count). The maximum atomic E-state index is 12.5. The predicted octanol–water partition coefficient (Wildman–Crippen LogP) is 4.75. The zero-order chi connectivity index (χ0) is 23.8. The number of hydrogen-bond acceptors (Lipinski definition) is 5. The highest BCUT2D eigenvalue weighted by molar-refractivity contribution is 6.04. The molecule has 0 aliphatic rings. The summed E-state index contributed by atoms with van der Waals surface area (Å²) in [6.07, 6.45) is 0. The van der Waals surface area contributed by atoms with Gasteiger partial charge in [-0.15, -0.1) is 0 Å². The van der Waals surface area contributed by atoms with Gasteiger partial charge in [-0.2, -0.15) is 0 Å². The molecule has 0 aliphatic heterocycles. The molecule has 33 heavy (non-hydrogen) atoms. The largest absolute Gasteiger partial charge is 0.484 e. The third kappa shape index (κ3) is 6.67. The number of amides is 2. The maximum Gasteiger partial charge on any atom is 0.338 e. The van der Waals surface area contributed by atoms with Gasteiger partial charge in [-0.25, -0.2) is 4.79 Å². The number of nitrogens with one attached hydrogen (secondary N) is 2. The molecule has 2 amide bonds. The van der Waals surface area contributed by atoms with E-state index in [2.05, 4.69) is 10.6 Å². The van der Waals surface area contributed by atoms with Gasteiger partial charge in [0.25, 0.3) is 11.8 Å². The van der Waals surface area contributed by atoms with E-state index in [1.807, 2.05) is 32.0 Å². The van der Waals surface area contributed by atoms with Crippen LogP contribution < -0.4 is 15.4 Å². The third-order valence-corrected chi connectivity index (χ3v) is 4.80. The highest BCUT2D eigenvalue weighted by Crippen LogP contribution is 2.18. The van der Waals surface area contributed by atoms with Gasteiger partial charge in [-0.1, -0.05) is 17.7 Å². The van der Waals surface area contributed by atoms with Crippen LogP contribution in [0.25, 0.3) is 0 Å². The first kappa shape index (κ1) is 23.5. The Morgan fingerprint density at radius 1 is 0.818 bits per heavy atom. The fourth-order valence-electron chi connectivity index (χ4n) is 3.10. The third-order valence-electron chi connectivity index (χ3n) is 4.80. The number of rotatable bonds is 8. The Hall–Kier alpha value is -4.13. The molecule has 7 nitrogen and oxygen atoms in total. The van der Waals surface area contributed by atoms with Crippen LogP contribution in [0.2, 0.25) is 0 Å². The number of carbonyl (C=O) groups excluding carboxylic acids is 3. The van der Waals surface area contributed by atoms with E-state index in [-0.39, 0.29) is 18.4 Å². The first-order chi connectivity index (χ1) is 15.9. The SMILES string of the molecule is CCOC(=O)c1ccc(NC(=O)COc2ccc(C(=O)Nc3ccc(C)cc3C)cc2)cc1. The van der Waals surface area contributed by atoms with Crippen LogP contribution in [0.5, 0.6) is 5.75 Å². The zero-order valence-electron chi connectivity index (χ0n) is 18.8. The maximum absolute atomic E-state index is 12.5. The molecule has 0 aliphatic carbocycles. The summed E-state index contributed by atoms with van der Waals surface area (Å²) in [6, 6.07) is 18.8. The van der Waals surface area contributed by atoms with Crippen LogP contribution in [0, 0.1) is 13.8 Å². The van der Waals surface area contributed by atoms with Crippen molar-refractivity contribution in [3.8, 4) is 5.75 Å². The second-order valence-corrected chi connectivity index (χ2v) is 7.43. The molecule has 2 N–H and O–H groups in total. The average molecular weight is 447 g/mol. The van der Waals surface area contributed by atoms with Crippen LogP contribution in [0.3, 0.4) is 0 Å². The topological polar surface area (TPSA) is 93.7 Å². The van der Waals surface area contributed by atoms with Crippen molar-refractivity contribution in [2.24, 2.45) is 0 Å². The first-order valence-corrected chi connectivity index (χ1v) is 10.5. The lowest BCUT2D eigenvalue weighted by Gasteiger charge is -2.10. The normalized spacial score (nSPS) is 10.3. The highest BCUT2D eigenvalue weighted by atomic mass is 16.5. The van der Waals surface area contributed by atoms with Crippen molar-refractivity contribution in [1.29, 1.82) is 0 Å². The van der Waals surface area contributed by atoms with Crippen molar-refractivity contribution in [1.82, 2.24) is 0 Å². The molecule has 3 aromatic carbocycles. The summed E-state index contributed by atoms with van der Waals surface area (Å²) in [5.74, 6) is -0.524. The molecule has 0 radical (unpaired) electrons. The number of aryl methyl sites for hydroxylation is 2. The monoisotopic (exact) mass is 446 g/mol. The van der Waals surface area contributed by atoms with Crippen LogP contribution in [-0.4, -0.2) is 31.0 Å². The molecule has 0 atom stereocenters. The molecule has 170 valence electrons. The van der Waals surface area contributed by atoms with E-state index in [4.69, 9.17) is 9.47 Å². The van der Waals surface area contributed by atoms with Crippen LogP contribution >= 0.6 is 0 Å². The zero-order valence-corrected chi connectivity index (χ0v) is 18.8. The standard InChI is InChI=1S/C26H26N2O5/c1-4-32-26(31)20-6-10-21(11-7-20)27-24(29)16-33-22-12-8-19(9-13-22)25(30)28-23-14-5-17(2)15-18(23)3/h5-15H,4,16H2,1-3H3,(H,27,29)(H,28,30). The second-order valence-electron chi connectivity index (χ2n) is 7.43. The smallest absolute Gasteiger partial charge is 0.338 e. The lowest BCUT2D eigenvalue weighted by atomic mass is 10.1. The lowest BCUT2D eigenvalue weighted by molar-refractivity contribution is -0.118. The molecular weight excluding hydrogens is 420 g/mol. The highest BCUT2D eigenvalue weighted by Gasteiger charge is 2.10. The number of ether oxygens (including phenoxy) is 2. The van der Waals surface area contributed by atoms with Crippen molar-refractivity contribution in [2.45, 2.75) is 20.8 Å². The molecule has 0 saturated heterocycles. The minimum atomic E-state index is -0.412. The lowest BCUT2D eigenvalue weighted by Crippen LogP contribution is -2.20. The van der Waals surface area contributed by atoms with Gasteiger partial charge in [0.1, 0.15) is 5.75 Å². The molecule has 0 aromatic heterocycles. The van der Waals surface area contributed by atoms with Gasteiger partial charge in [0, 0.05) is 16.9 Å². The molecule has 0 fully saturated rings. The summed E-state index contributed by atoms with van der Waals surface area (Å²) in [7, 11) is 0. The summed E-state index contributed by atoms with van der Waals surface area (Å²) in [4.78, 5) is 36.3. The summed E-state index contributed by atoms with van der Waals surface area (Å²) >= 11 is 0. The molecule has 0 spiro atoms. The quantitative estimate of drug-likeness (QED) is 0.487. The predicted molar refractivity (Wildman–Crippen MR) is 127 cm³/mol. The summed E-state index contributed by atoms with van der Waals surface area (Å²) in [5.41, 5.74) is 4.31. The van der Waals surface area contributed by atoms with Crippen LogP contribution in [0.4, 0.5) is 11.4 Å². The van der Waals surface area contributed by atoms with E-state index in [1.54, 1.807) is 55.5 Å². The van der Waals surface area contributed by atoms with Crippen LogP contribution in [0.1, 0.15) is 38.8 Å². The minimum absolute atomic E-state index is 0.201. The van der Waals surface area contributed by atoms with E-state index in [0.29, 0.717) is 29.2 Å². The molecular formula is C26H26N2O5. The van der Waals surface area contributed by atoms with Crippen LogP contribution in [-0.2, 0) is 9.53 Å². The number of hydrogen-bond donors (Lipinski definition) is 2. The summed E-state index contributed by atoms with van der Waals surface area (Å²) in [5, 5.41) is 5.59. The van der Waals surface area contributed by atoms with Crippen LogP contribution in [0.15, 0.2) is 66.7 Å². The van der Waals surface area contributed by atoms with Gasteiger partial charge < -0.3 is 20.1 Å². The van der Waals surface area contributed by atoms with E-state index in [0.717, 1.165) is 16.8 Å². The van der Waals surface area contributed by atoms with E-state index >= 15 is 0 Å². The Morgan fingerprint density at radius 3 is 2.12 bits per heavy atom. The number of anilines is 2. The van der Waals surface area contributed by atoms with E-state index in [1.165, 1.54) is 0 Å². The molecule has 0 saturated carbocycles. The van der Waals surface area contributed by atoms with Gasteiger partial charge in [-0.05, 0) is 80.9 Å². The summed E-state index contributed by atoms with van der Waals surface area (Å²) < 4.78 is 10.4.